The monoisotopic (exact) mass is 211 g/mol. The molecule has 0 heterocycles. The maximum atomic E-state index is 6.08. The van der Waals surface area contributed by atoms with Crippen LogP contribution in [0.5, 0.6) is 0 Å². The van der Waals surface area contributed by atoms with Crippen LogP contribution in [0, 0.1) is 12.8 Å². The molecular formula is C12H18ClN. The minimum Gasteiger partial charge on any atom is -0.324 e. The van der Waals surface area contributed by atoms with E-state index in [1.54, 1.807) is 0 Å². The third-order valence-electron chi connectivity index (χ3n) is 2.22. The number of halogens is 1. The maximum Gasteiger partial charge on any atom is 0.0411 e. The second-order valence-corrected chi connectivity index (χ2v) is 4.73. The summed E-state index contributed by atoms with van der Waals surface area (Å²) in [5.41, 5.74) is 8.39. The van der Waals surface area contributed by atoms with Crippen LogP contribution in [0.2, 0.25) is 5.02 Å². The first-order chi connectivity index (χ1) is 6.49. The van der Waals surface area contributed by atoms with Gasteiger partial charge in [-0.15, -0.1) is 0 Å². The summed E-state index contributed by atoms with van der Waals surface area (Å²) in [6.07, 6.45) is 1.000. The Labute approximate surface area is 91.3 Å². The molecule has 1 aromatic carbocycles. The highest BCUT2D eigenvalue weighted by Gasteiger charge is 2.09. The highest BCUT2D eigenvalue weighted by atomic mass is 35.5. The fourth-order valence-electron chi connectivity index (χ4n) is 1.62. The molecule has 1 nitrogen and oxygen atoms in total. The van der Waals surface area contributed by atoms with E-state index in [4.69, 9.17) is 17.3 Å². The van der Waals surface area contributed by atoms with Gasteiger partial charge in [-0.3, -0.25) is 0 Å². The van der Waals surface area contributed by atoms with Gasteiger partial charge in [0.25, 0.3) is 0 Å². The lowest BCUT2D eigenvalue weighted by Crippen LogP contribution is -2.13. The van der Waals surface area contributed by atoms with Crippen LogP contribution in [0.15, 0.2) is 18.2 Å². The highest BCUT2D eigenvalue weighted by molar-refractivity contribution is 6.30. The molecule has 14 heavy (non-hydrogen) atoms. The van der Waals surface area contributed by atoms with Crippen LogP contribution in [0.3, 0.4) is 0 Å². The molecule has 1 unspecified atom stereocenters. The molecule has 0 aliphatic rings. The largest absolute Gasteiger partial charge is 0.324 e. The van der Waals surface area contributed by atoms with Gasteiger partial charge in [-0.05, 0) is 42.5 Å². The van der Waals surface area contributed by atoms with Crippen LogP contribution in [0.1, 0.15) is 37.4 Å². The van der Waals surface area contributed by atoms with E-state index in [1.165, 1.54) is 5.56 Å². The Morgan fingerprint density at radius 1 is 1.29 bits per heavy atom. The van der Waals surface area contributed by atoms with E-state index in [-0.39, 0.29) is 6.04 Å². The molecule has 0 aliphatic carbocycles. The fraction of sp³-hybridized carbons (Fsp3) is 0.500. The molecule has 0 amide bonds. The molecule has 0 bridgehead atoms. The third-order valence-corrected chi connectivity index (χ3v) is 2.44. The number of aryl methyl sites for hydroxylation is 1. The van der Waals surface area contributed by atoms with Crippen molar-refractivity contribution in [1.29, 1.82) is 0 Å². The summed E-state index contributed by atoms with van der Waals surface area (Å²) in [6.45, 7) is 6.39. The quantitative estimate of drug-likeness (QED) is 0.811. The lowest BCUT2D eigenvalue weighted by atomic mass is 9.97. The first-order valence-electron chi connectivity index (χ1n) is 5.01. The summed E-state index contributed by atoms with van der Waals surface area (Å²) in [6, 6.07) is 6.13. The second-order valence-electron chi connectivity index (χ2n) is 4.30. The van der Waals surface area contributed by atoms with Crippen molar-refractivity contribution >= 4 is 11.6 Å². The number of nitrogens with two attached hydrogens (primary N) is 1. The van der Waals surface area contributed by atoms with Gasteiger partial charge in [-0.25, -0.2) is 0 Å². The Morgan fingerprint density at radius 2 is 1.93 bits per heavy atom. The Hall–Kier alpha value is -0.530. The van der Waals surface area contributed by atoms with Gasteiger partial charge < -0.3 is 5.73 Å². The maximum absolute atomic E-state index is 6.08. The zero-order valence-corrected chi connectivity index (χ0v) is 9.81. The van der Waals surface area contributed by atoms with Gasteiger partial charge in [0.05, 0.1) is 0 Å². The van der Waals surface area contributed by atoms with Gasteiger partial charge in [0.1, 0.15) is 0 Å². The van der Waals surface area contributed by atoms with Crippen molar-refractivity contribution in [3.8, 4) is 0 Å². The molecule has 1 aromatic rings. The Morgan fingerprint density at radius 3 is 2.43 bits per heavy atom. The molecule has 78 valence electrons. The summed E-state index contributed by atoms with van der Waals surface area (Å²) in [4.78, 5) is 0. The normalized spacial score (nSPS) is 13.3. The predicted octanol–water partition coefficient (Wildman–Crippen LogP) is 3.69. The molecule has 0 aromatic heterocycles. The van der Waals surface area contributed by atoms with Crippen molar-refractivity contribution in [2.24, 2.45) is 11.7 Å². The summed E-state index contributed by atoms with van der Waals surface area (Å²) in [5, 5.41) is 0.777. The summed E-state index contributed by atoms with van der Waals surface area (Å²) in [5.74, 6) is 0.615. The molecule has 0 saturated heterocycles. The molecule has 0 spiro atoms. The predicted molar refractivity (Wildman–Crippen MR) is 62.6 cm³/mol. The van der Waals surface area contributed by atoms with E-state index in [0.29, 0.717) is 5.92 Å². The smallest absolute Gasteiger partial charge is 0.0411 e. The average Bonchev–Trinajstić information content (AvgIpc) is 2.00. The molecule has 0 saturated carbocycles. The van der Waals surface area contributed by atoms with Gasteiger partial charge in [0.2, 0.25) is 0 Å². The van der Waals surface area contributed by atoms with Crippen LogP contribution in [-0.4, -0.2) is 0 Å². The van der Waals surface area contributed by atoms with Crippen molar-refractivity contribution in [2.75, 3.05) is 0 Å². The number of rotatable bonds is 3. The van der Waals surface area contributed by atoms with E-state index in [0.717, 1.165) is 17.0 Å². The van der Waals surface area contributed by atoms with Crippen molar-refractivity contribution in [1.82, 2.24) is 0 Å². The minimum atomic E-state index is 0.104. The van der Waals surface area contributed by atoms with Gasteiger partial charge in [-0.1, -0.05) is 31.5 Å². The van der Waals surface area contributed by atoms with E-state index in [2.05, 4.69) is 19.9 Å². The van der Waals surface area contributed by atoms with E-state index >= 15 is 0 Å². The van der Waals surface area contributed by atoms with Crippen LogP contribution in [-0.2, 0) is 0 Å². The third kappa shape index (κ3) is 3.32. The molecule has 1 rings (SSSR count). The molecule has 0 aliphatic heterocycles. The number of hydrogen-bond donors (Lipinski definition) is 1. The Bertz CT molecular complexity index is 287. The fourth-order valence-corrected chi connectivity index (χ4v) is 1.92. The zero-order valence-electron chi connectivity index (χ0n) is 9.05. The van der Waals surface area contributed by atoms with Crippen molar-refractivity contribution < 1.29 is 0 Å². The summed E-state index contributed by atoms with van der Waals surface area (Å²) in [7, 11) is 0. The molecule has 0 fully saturated rings. The van der Waals surface area contributed by atoms with E-state index in [9.17, 15) is 0 Å². The summed E-state index contributed by atoms with van der Waals surface area (Å²) >= 11 is 5.98. The lowest BCUT2D eigenvalue weighted by Gasteiger charge is -2.15. The standard InChI is InChI=1S/C12H18ClN/c1-8(2)4-12(14)10-5-9(3)6-11(13)7-10/h5-8,12H,4,14H2,1-3H3. The minimum absolute atomic E-state index is 0.104. The average molecular weight is 212 g/mol. The summed E-state index contributed by atoms with van der Waals surface area (Å²) < 4.78 is 0. The van der Waals surface area contributed by atoms with Crippen molar-refractivity contribution in [2.45, 2.75) is 33.2 Å². The topological polar surface area (TPSA) is 26.0 Å². The van der Waals surface area contributed by atoms with Gasteiger partial charge in [-0.2, -0.15) is 0 Å². The Kier molecular flexibility index (Phi) is 3.97. The van der Waals surface area contributed by atoms with E-state index in [1.807, 2.05) is 19.1 Å². The molecule has 0 radical (unpaired) electrons. The SMILES string of the molecule is Cc1cc(Cl)cc(C(N)CC(C)C)c1. The highest BCUT2D eigenvalue weighted by Crippen LogP contribution is 2.23. The van der Waals surface area contributed by atoms with Gasteiger partial charge in [0, 0.05) is 11.1 Å². The lowest BCUT2D eigenvalue weighted by molar-refractivity contribution is 0.510. The van der Waals surface area contributed by atoms with Crippen LogP contribution < -0.4 is 5.73 Å². The first kappa shape index (κ1) is 11.5. The Balaban J connectivity index is 2.84. The van der Waals surface area contributed by atoms with Crippen molar-refractivity contribution in [3.05, 3.63) is 34.3 Å². The second kappa shape index (κ2) is 4.81. The first-order valence-corrected chi connectivity index (χ1v) is 5.39. The van der Waals surface area contributed by atoms with Gasteiger partial charge in [0.15, 0.2) is 0 Å². The molecular weight excluding hydrogens is 194 g/mol. The van der Waals surface area contributed by atoms with Gasteiger partial charge >= 0.3 is 0 Å². The van der Waals surface area contributed by atoms with E-state index < -0.39 is 0 Å². The van der Waals surface area contributed by atoms with Crippen LogP contribution >= 0.6 is 11.6 Å². The van der Waals surface area contributed by atoms with Crippen LogP contribution in [0.4, 0.5) is 0 Å². The molecule has 2 N–H and O–H groups in total. The number of hydrogen-bond acceptors (Lipinski definition) is 1. The van der Waals surface area contributed by atoms with Crippen molar-refractivity contribution in [3.63, 3.8) is 0 Å². The van der Waals surface area contributed by atoms with Crippen LogP contribution in [0.25, 0.3) is 0 Å². The zero-order chi connectivity index (χ0) is 10.7. The molecule has 2 heteroatoms. The molecule has 1 atom stereocenters. The number of benzene rings is 1.